The predicted octanol–water partition coefficient (Wildman–Crippen LogP) is 2.44. The first-order valence-electron chi connectivity index (χ1n) is 4.82. The van der Waals surface area contributed by atoms with E-state index < -0.39 is 11.9 Å². The van der Waals surface area contributed by atoms with E-state index in [1.165, 1.54) is 12.1 Å². The Labute approximate surface area is 94.9 Å². The Bertz CT molecular complexity index is 479. The van der Waals surface area contributed by atoms with Crippen molar-refractivity contribution in [2.45, 2.75) is 12.7 Å². The number of anilines is 1. The lowest BCUT2D eigenvalue weighted by atomic mass is 10.3. The number of rotatable bonds is 3. The van der Waals surface area contributed by atoms with Crippen LogP contribution >= 0.6 is 0 Å². The van der Waals surface area contributed by atoms with Gasteiger partial charge >= 0.3 is 6.18 Å². The largest absolute Gasteiger partial charge is 0.433 e. The minimum absolute atomic E-state index is 0.175. The Kier molecular flexibility index (Phi) is 2.99. The number of nitrogens with one attached hydrogen (secondary N) is 2. The van der Waals surface area contributed by atoms with E-state index >= 15 is 0 Å². The fraction of sp³-hybridized carbons (Fsp3) is 0.200. The van der Waals surface area contributed by atoms with E-state index in [0.29, 0.717) is 6.54 Å². The third-order valence-corrected chi connectivity index (χ3v) is 2.06. The van der Waals surface area contributed by atoms with Gasteiger partial charge in [-0.15, -0.1) is 0 Å². The maximum Gasteiger partial charge on any atom is 0.433 e. The van der Waals surface area contributed by atoms with Gasteiger partial charge in [-0.25, -0.2) is 4.98 Å². The van der Waals surface area contributed by atoms with Gasteiger partial charge in [-0.3, -0.25) is 5.10 Å². The zero-order valence-corrected chi connectivity index (χ0v) is 8.62. The number of H-pyrrole nitrogens is 1. The topological polar surface area (TPSA) is 53.6 Å². The van der Waals surface area contributed by atoms with E-state index in [4.69, 9.17) is 0 Å². The van der Waals surface area contributed by atoms with Gasteiger partial charge in [0.1, 0.15) is 11.5 Å². The molecule has 0 aromatic carbocycles. The SMILES string of the molecule is FC(F)(F)c1cccc(NCc2ccn[nH]2)n1. The molecule has 2 aromatic heterocycles. The van der Waals surface area contributed by atoms with Crippen molar-refractivity contribution in [3.63, 3.8) is 0 Å². The molecule has 0 atom stereocenters. The molecule has 17 heavy (non-hydrogen) atoms. The van der Waals surface area contributed by atoms with E-state index in [1.807, 2.05) is 0 Å². The lowest BCUT2D eigenvalue weighted by molar-refractivity contribution is -0.141. The Morgan fingerprint density at radius 3 is 2.71 bits per heavy atom. The van der Waals surface area contributed by atoms with Crippen LogP contribution in [0.5, 0.6) is 0 Å². The standard InChI is InChI=1S/C10H9F3N4/c11-10(12,13)8-2-1-3-9(16-8)14-6-7-4-5-15-17-7/h1-5H,6H2,(H,14,16)(H,15,17). The van der Waals surface area contributed by atoms with E-state index in [0.717, 1.165) is 11.8 Å². The van der Waals surface area contributed by atoms with Gasteiger partial charge in [-0.1, -0.05) is 6.07 Å². The summed E-state index contributed by atoms with van der Waals surface area (Å²) in [6, 6.07) is 5.44. The molecular weight excluding hydrogens is 233 g/mol. The van der Waals surface area contributed by atoms with Crippen LogP contribution < -0.4 is 5.32 Å². The first-order valence-corrected chi connectivity index (χ1v) is 4.82. The molecular formula is C10H9F3N4. The van der Waals surface area contributed by atoms with Gasteiger partial charge in [0, 0.05) is 6.20 Å². The fourth-order valence-electron chi connectivity index (χ4n) is 1.26. The van der Waals surface area contributed by atoms with Crippen LogP contribution in [0.15, 0.2) is 30.5 Å². The van der Waals surface area contributed by atoms with Gasteiger partial charge in [0.15, 0.2) is 0 Å². The number of aromatic nitrogens is 3. The van der Waals surface area contributed by atoms with Gasteiger partial charge in [-0.05, 0) is 18.2 Å². The molecule has 2 heterocycles. The van der Waals surface area contributed by atoms with Crippen molar-refractivity contribution in [2.24, 2.45) is 0 Å². The molecule has 0 bridgehead atoms. The van der Waals surface area contributed by atoms with Crippen molar-refractivity contribution < 1.29 is 13.2 Å². The van der Waals surface area contributed by atoms with Gasteiger partial charge in [0.2, 0.25) is 0 Å². The van der Waals surface area contributed by atoms with Crippen LogP contribution in [0.3, 0.4) is 0 Å². The summed E-state index contributed by atoms with van der Waals surface area (Å²) in [6.07, 6.45) is -2.86. The quantitative estimate of drug-likeness (QED) is 0.869. The molecule has 0 fully saturated rings. The normalized spacial score (nSPS) is 11.5. The minimum atomic E-state index is -4.42. The first kappa shape index (κ1) is 11.4. The Morgan fingerprint density at radius 1 is 1.24 bits per heavy atom. The molecule has 0 aliphatic rings. The minimum Gasteiger partial charge on any atom is -0.364 e. The van der Waals surface area contributed by atoms with Crippen LogP contribution in [0.4, 0.5) is 19.0 Å². The van der Waals surface area contributed by atoms with Crippen LogP contribution in [-0.4, -0.2) is 15.2 Å². The summed E-state index contributed by atoms with van der Waals surface area (Å²) < 4.78 is 37.1. The van der Waals surface area contributed by atoms with Crippen molar-refractivity contribution in [2.75, 3.05) is 5.32 Å². The summed E-state index contributed by atoms with van der Waals surface area (Å²) in [5.74, 6) is 0.175. The molecule has 90 valence electrons. The van der Waals surface area contributed by atoms with Crippen LogP contribution in [-0.2, 0) is 12.7 Å². The Balaban J connectivity index is 2.07. The van der Waals surface area contributed by atoms with Crippen LogP contribution in [0, 0.1) is 0 Å². The summed E-state index contributed by atoms with van der Waals surface area (Å²) in [5, 5.41) is 9.19. The zero-order valence-electron chi connectivity index (χ0n) is 8.62. The maximum absolute atomic E-state index is 12.4. The van der Waals surface area contributed by atoms with Gasteiger partial charge in [0.05, 0.1) is 12.2 Å². The molecule has 0 saturated heterocycles. The highest BCUT2D eigenvalue weighted by Gasteiger charge is 2.32. The average molecular weight is 242 g/mol. The van der Waals surface area contributed by atoms with E-state index in [9.17, 15) is 13.2 Å². The number of aromatic amines is 1. The molecule has 2 aromatic rings. The third kappa shape index (κ3) is 2.96. The molecule has 0 saturated carbocycles. The summed E-state index contributed by atoms with van der Waals surface area (Å²) in [7, 11) is 0. The number of hydrogen-bond acceptors (Lipinski definition) is 3. The summed E-state index contributed by atoms with van der Waals surface area (Å²) >= 11 is 0. The molecule has 0 amide bonds. The van der Waals surface area contributed by atoms with Gasteiger partial charge in [-0.2, -0.15) is 18.3 Å². The second kappa shape index (κ2) is 4.44. The Hall–Kier alpha value is -2.05. The highest BCUT2D eigenvalue weighted by Crippen LogP contribution is 2.28. The number of nitrogens with zero attached hydrogens (tertiary/aromatic N) is 2. The lowest BCUT2D eigenvalue weighted by Gasteiger charge is -2.08. The second-order valence-electron chi connectivity index (χ2n) is 3.34. The van der Waals surface area contributed by atoms with E-state index in [1.54, 1.807) is 12.3 Å². The summed E-state index contributed by atoms with van der Waals surface area (Å²) in [6.45, 7) is 0.342. The monoisotopic (exact) mass is 242 g/mol. The van der Waals surface area contributed by atoms with Crippen molar-refractivity contribution in [3.05, 3.63) is 41.9 Å². The van der Waals surface area contributed by atoms with Crippen LogP contribution in [0.1, 0.15) is 11.4 Å². The molecule has 0 aliphatic carbocycles. The summed E-state index contributed by atoms with van der Waals surface area (Å²) in [5.41, 5.74) is -0.142. The first-order chi connectivity index (χ1) is 8.05. The highest BCUT2D eigenvalue weighted by molar-refractivity contribution is 5.36. The van der Waals surface area contributed by atoms with Crippen molar-refractivity contribution in [1.29, 1.82) is 0 Å². The predicted molar refractivity (Wildman–Crippen MR) is 55.2 cm³/mol. The lowest BCUT2D eigenvalue weighted by Crippen LogP contribution is -2.10. The highest BCUT2D eigenvalue weighted by atomic mass is 19.4. The molecule has 0 unspecified atom stereocenters. The van der Waals surface area contributed by atoms with Gasteiger partial charge in [0.25, 0.3) is 0 Å². The smallest absolute Gasteiger partial charge is 0.364 e. The zero-order chi connectivity index (χ0) is 12.3. The number of halogens is 3. The van der Waals surface area contributed by atoms with Gasteiger partial charge < -0.3 is 5.32 Å². The molecule has 0 spiro atoms. The average Bonchev–Trinajstić information content (AvgIpc) is 2.78. The van der Waals surface area contributed by atoms with E-state index in [-0.39, 0.29) is 5.82 Å². The molecule has 4 nitrogen and oxygen atoms in total. The van der Waals surface area contributed by atoms with Crippen LogP contribution in [0.25, 0.3) is 0 Å². The van der Waals surface area contributed by atoms with Crippen LogP contribution in [0.2, 0.25) is 0 Å². The molecule has 0 aliphatic heterocycles. The molecule has 0 radical (unpaired) electrons. The maximum atomic E-state index is 12.4. The summed E-state index contributed by atoms with van der Waals surface area (Å²) in [4.78, 5) is 3.47. The number of hydrogen-bond donors (Lipinski definition) is 2. The molecule has 2 N–H and O–H groups in total. The number of alkyl halides is 3. The van der Waals surface area contributed by atoms with Crippen molar-refractivity contribution >= 4 is 5.82 Å². The molecule has 7 heteroatoms. The van der Waals surface area contributed by atoms with E-state index in [2.05, 4.69) is 20.5 Å². The fourth-order valence-corrected chi connectivity index (χ4v) is 1.26. The Morgan fingerprint density at radius 2 is 2.06 bits per heavy atom. The van der Waals surface area contributed by atoms with Crippen molar-refractivity contribution in [1.82, 2.24) is 15.2 Å². The molecule has 2 rings (SSSR count). The number of pyridine rings is 1. The van der Waals surface area contributed by atoms with Crippen molar-refractivity contribution in [3.8, 4) is 0 Å². The third-order valence-electron chi connectivity index (χ3n) is 2.06. The second-order valence-corrected chi connectivity index (χ2v) is 3.34.